The van der Waals surface area contributed by atoms with Crippen LogP contribution in [0, 0.1) is 5.41 Å². The van der Waals surface area contributed by atoms with Gasteiger partial charge in [-0.1, -0.05) is 146 Å². The fourth-order valence-electron chi connectivity index (χ4n) is 5.98. The smallest absolute Gasteiger partial charge is 0.122 e. The van der Waals surface area contributed by atoms with E-state index in [1.165, 1.54) is 65.8 Å². The third kappa shape index (κ3) is 7.00. The summed E-state index contributed by atoms with van der Waals surface area (Å²) >= 11 is 1.89. The van der Waals surface area contributed by atoms with Crippen LogP contribution in [-0.4, -0.2) is 12.9 Å². The van der Waals surface area contributed by atoms with Crippen molar-refractivity contribution in [3.05, 3.63) is 180 Å². The first-order valence-corrected chi connectivity index (χ1v) is 16.5. The molecule has 4 heteroatoms. The van der Waals surface area contributed by atoms with Crippen molar-refractivity contribution in [2.45, 2.75) is 6.42 Å². The van der Waals surface area contributed by atoms with Gasteiger partial charge in [-0.15, -0.1) is 11.3 Å². The third-order valence-electron chi connectivity index (χ3n) is 8.22. The molecule has 47 heavy (non-hydrogen) atoms. The number of hydrogen-bond acceptors (Lipinski definition) is 3. The summed E-state index contributed by atoms with van der Waals surface area (Å²) in [5.74, 6) is 0.106. The normalized spacial score (nSPS) is 10.6. The Labute approximate surface area is 280 Å². The molecule has 0 aliphatic heterocycles. The molecule has 230 valence electrons. The van der Waals surface area contributed by atoms with Crippen LogP contribution < -0.4 is 11.5 Å². The first-order chi connectivity index (χ1) is 23.1. The van der Waals surface area contributed by atoms with E-state index in [9.17, 15) is 0 Å². The van der Waals surface area contributed by atoms with Crippen LogP contribution in [0.2, 0.25) is 0 Å². The molecule has 8 aromatic rings. The molecule has 0 amide bonds. The molecule has 8 rings (SSSR count). The lowest BCUT2D eigenvalue weighted by Gasteiger charge is -2.08. The van der Waals surface area contributed by atoms with E-state index in [-0.39, 0.29) is 5.84 Å². The molecule has 0 atom stereocenters. The second-order valence-corrected chi connectivity index (χ2v) is 12.2. The molecule has 1 heterocycles. The molecule has 0 radical (unpaired) electrons. The Morgan fingerprint density at radius 3 is 1.91 bits per heavy atom. The highest BCUT2D eigenvalue weighted by Crippen LogP contribution is 2.40. The Morgan fingerprint density at radius 2 is 1.17 bits per heavy atom. The van der Waals surface area contributed by atoms with Gasteiger partial charge in [-0.05, 0) is 75.8 Å². The van der Waals surface area contributed by atoms with Crippen LogP contribution >= 0.6 is 11.3 Å². The Morgan fingerprint density at radius 1 is 0.553 bits per heavy atom. The monoisotopic (exact) mass is 627 g/mol. The second kappa shape index (κ2) is 14.7. The van der Waals surface area contributed by atoms with E-state index in [4.69, 9.17) is 11.1 Å². The minimum Gasteiger partial charge on any atom is -0.384 e. The highest BCUT2D eigenvalue weighted by atomic mass is 32.1. The third-order valence-corrected chi connectivity index (χ3v) is 9.36. The van der Waals surface area contributed by atoms with Gasteiger partial charge in [0.25, 0.3) is 0 Å². The summed E-state index contributed by atoms with van der Waals surface area (Å²) in [5, 5.41) is 12.7. The maximum Gasteiger partial charge on any atom is 0.122 e. The number of nitrogens with one attached hydrogen (secondary N) is 1. The molecule has 0 aliphatic rings. The van der Waals surface area contributed by atoms with Gasteiger partial charge < -0.3 is 11.5 Å². The average molecular weight is 628 g/mol. The number of amidine groups is 1. The van der Waals surface area contributed by atoms with Gasteiger partial charge in [-0.25, -0.2) is 0 Å². The molecular formula is C43H37N3S. The molecular weight excluding hydrogens is 591 g/mol. The summed E-state index contributed by atoms with van der Waals surface area (Å²) in [6, 6.07) is 57.5. The zero-order valence-electron chi connectivity index (χ0n) is 26.4. The van der Waals surface area contributed by atoms with E-state index in [1.807, 2.05) is 53.8 Å². The summed E-state index contributed by atoms with van der Waals surface area (Å²) in [7, 11) is 1.50. The van der Waals surface area contributed by atoms with Crippen LogP contribution in [0.25, 0.3) is 53.2 Å². The molecule has 0 fully saturated rings. The Balaban J connectivity index is 0.000000192. The van der Waals surface area contributed by atoms with Crippen molar-refractivity contribution >= 4 is 48.1 Å². The van der Waals surface area contributed by atoms with Crippen molar-refractivity contribution in [3.63, 3.8) is 0 Å². The van der Waals surface area contributed by atoms with E-state index in [1.54, 1.807) is 0 Å². The average Bonchev–Trinajstić information content (AvgIpc) is 3.52. The van der Waals surface area contributed by atoms with Gasteiger partial charge in [0.15, 0.2) is 0 Å². The maximum absolute atomic E-state index is 7.29. The van der Waals surface area contributed by atoms with Crippen LogP contribution in [0.4, 0.5) is 0 Å². The maximum atomic E-state index is 7.29. The first kappa shape index (κ1) is 31.4. The standard InChI is InChI=1S/C29H20S.C13H12N2.CH5N/c1-2-8-20(9-3-1)18-23-12-7-15-28-29(23)26-19-22(16-17-27(26)30-28)25-14-6-11-21-10-4-5-13-24(21)25;14-13(15)12-8-6-11(7-9-12)10-4-2-1-3-5-10;1-2/h1-17,19H,18H2;1-9H,(H3,14,15);2H2,1H3. The van der Waals surface area contributed by atoms with Gasteiger partial charge in [0, 0.05) is 25.7 Å². The number of benzene rings is 7. The molecule has 0 bridgehead atoms. The number of nitrogens with two attached hydrogens (primary N) is 2. The minimum absolute atomic E-state index is 0.106. The Hall–Kier alpha value is -5.55. The molecule has 7 aromatic carbocycles. The molecule has 0 aliphatic carbocycles. The van der Waals surface area contributed by atoms with Crippen molar-refractivity contribution in [1.82, 2.24) is 0 Å². The molecule has 5 N–H and O–H groups in total. The Kier molecular flexibility index (Phi) is 9.83. The highest BCUT2D eigenvalue weighted by Gasteiger charge is 2.12. The lowest BCUT2D eigenvalue weighted by Crippen LogP contribution is -2.10. The SMILES string of the molecule is CN.N=C(N)c1ccc(-c2ccccc2)cc1.c1ccc(Cc2cccc3sc4ccc(-c5cccc6ccccc56)cc4c23)cc1. The second-order valence-electron chi connectivity index (χ2n) is 11.1. The fourth-order valence-corrected chi connectivity index (χ4v) is 7.11. The van der Waals surface area contributed by atoms with Crippen LogP contribution in [-0.2, 0) is 6.42 Å². The molecule has 1 aromatic heterocycles. The van der Waals surface area contributed by atoms with Crippen molar-refractivity contribution in [1.29, 1.82) is 5.41 Å². The number of fused-ring (bicyclic) bond motifs is 4. The van der Waals surface area contributed by atoms with Gasteiger partial charge >= 0.3 is 0 Å². The van der Waals surface area contributed by atoms with E-state index in [0.29, 0.717) is 0 Å². The van der Waals surface area contributed by atoms with Crippen molar-refractivity contribution < 1.29 is 0 Å². The van der Waals surface area contributed by atoms with Crippen LogP contribution in [0.5, 0.6) is 0 Å². The predicted molar refractivity (Wildman–Crippen MR) is 205 cm³/mol. The van der Waals surface area contributed by atoms with Crippen LogP contribution in [0.1, 0.15) is 16.7 Å². The van der Waals surface area contributed by atoms with E-state index in [2.05, 4.69) is 127 Å². The van der Waals surface area contributed by atoms with Gasteiger partial charge in [0.05, 0.1) is 0 Å². The zero-order valence-corrected chi connectivity index (χ0v) is 27.2. The van der Waals surface area contributed by atoms with Crippen molar-refractivity contribution in [2.24, 2.45) is 11.5 Å². The quantitative estimate of drug-likeness (QED) is 0.131. The van der Waals surface area contributed by atoms with Gasteiger partial charge in [-0.2, -0.15) is 0 Å². The van der Waals surface area contributed by atoms with Gasteiger partial charge in [0.2, 0.25) is 0 Å². The molecule has 0 saturated heterocycles. The van der Waals surface area contributed by atoms with E-state index < -0.39 is 0 Å². The summed E-state index contributed by atoms with van der Waals surface area (Å²) in [5.41, 5.74) is 18.3. The summed E-state index contributed by atoms with van der Waals surface area (Å²) in [6.45, 7) is 0. The highest BCUT2D eigenvalue weighted by molar-refractivity contribution is 7.25. The Bertz CT molecular complexity index is 2250. The van der Waals surface area contributed by atoms with Crippen LogP contribution in [0.15, 0.2) is 164 Å². The summed E-state index contributed by atoms with van der Waals surface area (Å²) in [6.07, 6.45) is 0.961. The van der Waals surface area contributed by atoms with E-state index >= 15 is 0 Å². The van der Waals surface area contributed by atoms with Crippen LogP contribution in [0.3, 0.4) is 0 Å². The minimum atomic E-state index is 0.106. The predicted octanol–water partition coefficient (Wildman–Crippen LogP) is 10.7. The summed E-state index contributed by atoms with van der Waals surface area (Å²) < 4.78 is 2.72. The number of hydrogen-bond donors (Lipinski definition) is 3. The number of nitrogen functional groups attached to an aromatic ring is 1. The van der Waals surface area contributed by atoms with Crippen molar-refractivity contribution in [3.8, 4) is 22.3 Å². The zero-order chi connectivity index (χ0) is 32.6. The molecule has 0 unspecified atom stereocenters. The topological polar surface area (TPSA) is 75.9 Å². The number of rotatable bonds is 5. The molecule has 0 saturated carbocycles. The molecule has 3 nitrogen and oxygen atoms in total. The lowest BCUT2D eigenvalue weighted by atomic mass is 9.95. The number of thiophene rings is 1. The van der Waals surface area contributed by atoms with Gasteiger partial charge in [-0.3, -0.25) is 5.41 Å². The first-order valence-electron chi connectivity index (χ1n) is 15.7. The van der Waals surface area contributed by atoms with Crippen molar-refractivity contribution in [2.75, 3.05) is 7.05 Å². The fraction of sp³-hybridized carbons (Fsp3) is 0.0465. The largest absolute Gasteiger partial charge is 0.384 e. The van der Waals surface area contributed by atoms with Gasteiger partial charge in [0.1, 0.15) is 5.84 Å². The molecule has 0 spiro atoms. The summed E-state index contributed by atoms with van der Waals surface area (Å²) in [4.78, 5) is 0. The lowest BCUT2D eigenvalue weighted by molar-refractivity contribution is 1.22. The van der Waals surface area contributed by atoms with E-state index in [0.717, 1.165) is 17.5 Å².